The number of nitrogens with zero attached hydrogens (tertiary/aromatic N) is 1. The number of sulfone groups is 1. The number of rotatable bonds is 5. The predicted molar refractivity (Wildman–Crippen MR) is 88.0 cm³/mol. The minimum absolute atomic E-state index is 0.207. The van der Waals surface area contributed by atoms with E-state index in [9.17, 15) is 17.2 Å². The summed E-state index contributed by atoms with van der Waals surface area (Å²) in [5.74, 6) is -2.85. The fourth-order valence-corrected chi connectivity index (χ4v) is 3.52. The van der Waals surface area contributed by atoms with Crippen LogP contribution >= 0.6 is 0 Å². The summed E-state index contributed by atoms with van der Waals surface area (Å²) in [6, 6.07) is 15.0. The van der Waals surface area contributed by atoms with E-state index in [0.717, 1.165) is 11.0 Å². The highest BCUT2D eigenvalue weighted by Crippen LogP contribution is 2.30. The first-order valence-corrected chi connectivity index (χ1v) is 8.74. The van der Waals surface area contributed by atoms with Crippen molar-refractivity contribution in [3.05, 3.63) is 60.4 Å². The van der Waals surface area contributed by atoms with Crippen molar-refractivity contribution in [3.63, 3.8) is 0 Å². The van der Waals surface area contributed by atoms with Gasteiger partial charge in [0, 0.05) is 12.4 Å². The zero-order valence-corrected chi connectivity index (χ0v) is 13.6. The Hall–Kier alpha value is -2.41. The summed E-state index contributed by atoms with van der Waals surface area (Å²) in [6.45, 7) is 0.254. The van der Waals surface area contributed by atoms with Crippen LogP contribution in [0, 0.1) is 0 Å². The smallest absolute Gasteiger partial charge is 0.341 e. The van der Waals surface area contributed by atoms with Gasteiger partial charge in [0.15, 0.2) is 0 Å². The zero-order chi connectivity index (χ0) is 17.3. The molecule has 0 N–H and O–H groups in total. The molecule has 3 rings (SSSR count). The Morgan fingerprint density at radius 2 is 1.75 bits per heavy atom. The maximum Gasteiger partial charge on any atom is 0.341 e. The molecule has 1 heterocycles. The van der Waals surface area contributed by atoms with Crippen molar-refractivity contribution >= 4 is 26.5 Å². The molecule has 3 aromatic rings. The lowest BCUT2D eigenvalue weighted by Gasteiger charge is -2.21. The van der Waals surface area contributed by atoms with Crippen LogP contribution in [0.15, 0.2) is 63.9 Å². The molecule has 0 spiro atoms. The molecule has 1 aromatic heterocycles. The van der Waals surface area contributed by atoms with Gasteiger partial charge in [-0.3, -0.25) is 0 Å². The van der Waals surface area contributed by atoms with Crippen LogP contribution in [0.3, 0.4) is 0 Å². The molecule has 0 aliphatic rings. The topological polar surface area (TPSA) is 50.5 Å². The van der Waals surface area contributed by atoms with E-state index in [-0.39, 0.29) is 12.2 Å². The van der Waals surface area contributed by atoms with E-state index >= 15 is 0 Å². The lowest BCUT2D eigenvalue weighted by molar-refractivity contribution is 0.235. The Bertz CT molecular complexity index is 934. The van der Waals surface area contributed by atoms with Crippen LogP contribution in [0.4, 0.5) is 14.5 Å². The van der Waals surface area contributed by atoms with Gasteiger partial charge in [0.05, 0.1) is 17.1 Å². The van der Waals surface area contributed by atoms with Gasteiger partial charge in [-0.25, -0.2) is 8.42 Å². The number of benzene rings is 2. The molecular formula is C17H15F2NO3S. The average molecular weight is 351 g/mol. The SMILES string of the molecule is CN(Cc1cc2ccccc2o1)c1ccccc1S(=O)(=O)C(F)F. The average Bonchev–Trinajstić information content (AvgIpc) is 2.96. The van der Waals surface area contributed by atoms with E-state index in [4.69, 9.17) is 4.42 Å². The van der Waals surface area contributed by atoms with Crippen molar-refractivity contribution in [2.24, 2.45) is 0 Å². The third-order valence-electron chi connectivity index (χ3n) is 3.69. The molecule has 0 aliphatic heterocycles. The van der Waals surface area contributed by atoms with E-state index in [1.807, 2.05) is 30.3 Å². The fourth-order valence-electron chi connectivity index (χ4n) is 2.54. The van der Waals surface area contributed by atoms with Gasteiger partial charge in [0.25, 0.3) is 0 Å². The molecule has 0 saturated heterocycles. The van der Waals surface area contributed by atoms with Crippen LogP contribution in [-0.4, -0.2) is 21.2 Å². The van der Waals surface area contributed by atoms with Gasteiger partial charge < -0.3 is 9.32 Å². The van der Waals surface area contributed by atoms with E-state index in [2.05, 4.69) is 0 Å². The molecule has 4 nitrogen and oxygen atoms in total. The third kappa shape index (κ3) is 2.99. The standard InChI is InChI=1S/C17H15F2NO3S/c1-20(11-13-10-12-6-2-4-8-15(12)23-13)14-7-3-5-9-16(14)24(21,22)17(18)19/h2-10,17H,11H2,1H3. The fraction of sp³-hybridized carbons (Fsp3) is 0.176. The molecule has 0 fully saturated rings. The van der Waals surface area contributed by atoms with E-state index in [1.165, 1.54) is 18.2 Å². The van der Waals surface area contributed by atoms with E-state index in [1.54, 1.807) is 18.0 Å². The molecule has 0 unspecified atom stereocenters. The lowest BCUT2D eigenvalue weighted by Crippen LogP contribution is -2.21. The number of furan rings is 1. The molecule has 0 saturated carbocycles. The normalized spacial score (nSPS) is 12.0. The first-order valence-electron chi connectivity index (χ1n) is 7.19. The maximum atomic E-state index is 12.9. The van der Waals surface area contributed by atoms with Crippen molar-refractivity contribution in [2.75, 3.05) is 11.9 Å². The number of hydrogen-bond acceptors (Lipinski definition) is 4. The number of halogens is 2. The molecule has 0 amide bonds. The van der Waals surface area contributed by atoms with Gasteiger partial charge in [-0.2, -0.15) is 8.78 Å². The summed E-state index contributed by atoms with van der Waals surface area (Å²) in [6.07, 6.45) is 0. The number of fused-ring (bicyclic) bond motifs is 1. The second kappa shape index (κ2) is 6.24. The van der Waals surface area contributed by atoms with Gasteiger partial charge in [0.2, 0.25) is 9.84 Å². The van der Waals surface area contributed by atoms with Gasteiger partial charge in [-0.05, 0) is 24.3 Å². The number of hydrogen-bond donors (Lipinski definition) is 0. The summed E-state index contributed by atoms with van der Waals surface area (Å²) >= 11 is 0. The van der Waals surface area contributed by atoms with Crippen molar-refractivity contribution in [1.29, 1.82) is 0 Å². The molecule has 0 atom stereocenters. The van der Waals surface area contributed by atoms with Crippen LogP contribution in [0.5, 0.6) is 0 Å². The predicted octanol–water partition coefficient (Wildman–Crippen LogP) is 4.07. The van der Waals surface area contributed by atoms with Crippen LogP contribution in [0.1, 0.15) is 5.76 Å². The second-order valence-corrected chi connectivity index (χ2v) is 7.27. The summed E-state index contributed by atoms with van der Waals surface area (Å²) in [7, 11) is -3.04. The molecule has 2 aromatic carbocycles. The molecule has 0 aliphatic carbocycles. The minimum atomic E-state index is -4.68. The Morgan fingerprint density at radius 3 is 2.46 bits per heavy atom. The van der Waals surface area contributed by atoms with Crippen molar-refractivity contribution < 1.29 is 21.6 Å². The largest absolute Gasteiger partial charge is 0.459 e. The van der Waals surface area contributed by atoms with Gasteiger partial charge in [-0.1, -0.05) is 30.3 Å². The van der Waals surface area contributed by atoms with Crippen molar-refractivity contribution in [1.82, 2.24) is 0 Å². The summed E-state index contributed by atoms with van der Waals surface area (Å²) in [5.41, 5.74) is 0.924. The minimum Gasteiger partial charge on any atom is -0.459 e. The van der Waals surface area contributed by atoms with Crippen molar-refractivity contribution in [3.8, 4) is 0 Å². The monoisotopic (exact) mass is 351 g/mol. The van der Waals surface area contributed by atoms with Crippen LogP contribution in [0.25, 0.3) is 11.0 Å². The van der Waals surface area contributed by atoms with E-state index < -0.39 is 20.5 Å². The quantitative estimate of drug-likeness (QED) is 0.695. The van der Waals surface area contributed by atoms with Crippen LogP contribution in [-0.2, 0) is 16.4 Å². The Morgan fingerprint density at radius 1 is 1.08 bits per heavy atom. The zero-order valence-electron chi connectivity index (χ0n) is 12.8. The molecule has 7 heteroatoms. The van der Waals surface area contributed by atoms with Gasteiger partial charge in [0.1, 0.15) is 11.3 Å². The highest BCUT2D eigenvalue weighted by atomic mass is 32.2. The van der Waals surface area contributed by atoms with E-state index in [0.29, 0.717) is 5.76 Å². The molecular weight excluding hydrogens is 336 g/mol. The second-order valence-electron chi connectivity index (χ2n) is 5.38. The Labute approximate surface area is 138 Å². The van der Waals surface area contributed by atoms with Crippen molar-refractivity contribution in [2.45, 2.75) is 17.2 Å². The first-order chi connectivity index (χ1) is 11.4. The van der Waals surface area contributed by atoms with Gasteiger partial charge >= 0.3 is 5.76 Å². The van der Waals surface area contributed by atoms with Crippen LogP contribution < -0.4 is 4.90 Å². The highest BCUT2D eigenvalue weighted by Gasteiger charge is 2.30. The first kappa shape index (κ1) is 16.4. The number of para-hydroxylation sites is 2. The molecule has 0 radical (unpaired) electrons. The Balaban J connectivity index is 1.94. The lowest BCUT2D eigenvalue weighted by atomic mass is 10.2. The van der Waals surface area contributed by atoms with Crippen LogP contribution in [0.2, 0.25) is 0 Å². The molecule has 0 bridgehead atoms. The molecule has 24 heavy (non-hydrogen) atoms. The Kier molecular flexibility index (Phi) is 4.28. The number of alkyl halides is 2. The number of anilines is 1. The molecule has 126 valence electrons. The third-order valence-corrected chi connectivity index (χ3v) is 5.11. The summed E-state index contributed by atoms with van der Waals surface area (Å²) < 4.78 is 55.2. The van der Waals surface area contributed by atoms with Gasteiger partial charge in [-0.15, -0.1) is 0 Å². The maximum absolute atomic E-state index is 12.9. The summed E-state index contributed by atoms with van der Waals surface area (Å²) in [5, 5.41) is 0.925. The highest BCUT2D eigenvalue weighted by molar-refractivity contribution is 7.91. The summed E-state index contributed by atoms with van der Waals surface area (Å²) in [4.78, 5) is 1.19.